The molecule has 0 rings (SSSR count). The molecule has 0 N–H and O–H groups in total. The molecule has 0 amide bonds. The molecule has 0 aliphatic carbocycles. The van der Waals surface area contributed by atoms with Gasteiger partial charge in [-0.25, -0.2) is 0 Å². The molecule has 3 nitrogen and oxygen atoms in total. The van der Waals surface area contributed by atoms with Crippen molar-refractivity contribution in [3.63, 3.8) is 0 Å². The molecule has 0 aliphatic heterocycles. The normalized spacial score (nSPS) is 9.38. The fourth-order valence-corrected chi connectivity index (χ4v) is 1.32. The van der Waals surface area contributed by atoms with Gasteiger partial charge in [-0.2, -0.15) is 0 Å². The Hall–Kier alpha value is -0.237. The van der Waals surface area contributed by atoms with E-state index in [1.165, 1.54) is 32.6 Å². The second kappa shape index (κ2) is 12.8. The molecular weight excluding hydrogens is 258 g/mol. The van der Waals surface area contributed by atoms with Gasteiger partial charge >= 0.3 is 25.4 Å². The van der Waals surface area contributed by atoms with E-state index >= 15 is 0 Å². The molecule has 0 atom stereocenters. The van der Waals surface area contributed by atoms with Crippen LogP contribution in [0.25, 0.3) is 0 Å². The Morgan fingerprint density at radius 1 is 1.00 bits per heavy atom. The molecule has 0 aromatic rings. The Bertz CT molecular complexity index is 193. The maximum atomic E-state index is 10.9. The average Bonchev–Trinajstić information content (AvgIpc) is 2.15. The SMILES string of the molecule is CCCCCCCCOC(=O)CC(C)=O.[Zn+2]. The number of esters is 1. The van der Waals surface area contributed by atoms with Crippen LogP contribution in [0.2, 0.25) is 0 Å². The summed E-state index contributed by atoms with van der Waals surface area (Å²) in [7, 11) is 0. The third kappa shape index (κ3) is 13.8. The maximum Gasteiger partial charge on any atom is 2.00 e. The van der Waals surface area contributed by atoms with E-state index in [4.69, 9.17) is 4.74 Å². The zero-order valence-electron chi connectivity index (χ0n) is 10.6. The number of unbranched alkanes of at least 4 members (excludes halogenated alkanes) is 5. The molecule has 0 saturated heterocycles. The summed E-state index contributed by atoms with van der Waals surface area (Å²) in [6, 6.07) is 0. The van der Waals surface area contributed by atoms with Gasteiger partial charge in [-0.3, -0.25) is 9.59 Å². The van der Waals surface area contributed by atoms with E-state index in [1.54, 1.807) is 0 Å². The molecule has 0 aliphatic rings. The van der Waals surface area contributed by atoms with E-state index in [0.29, 0.717) is 6.61 Å². The van der Waals surface area contributed by atoms with Crippen molar-refractivity contribution in [2.45, 2.75) is 58.8 Å². The minimum Gasteiger partial charge on any atom is -0.465 e. The number of rotatable bonds is 9. The van der Waals surface area contributed by atoms with Gasteiger partial charge in [-0.05, 0) is 13.3 Å². The first-order chi connectivity index (χ1) is 7.16. The van der Waals surface area contributed by atoms with Crippen LogP contribution in [0, 0.1) is 0 Å². The van der Waals surface area contributed by atoms with Gasteiger partial charge in [0.05, 0.1) is 6.61 Å². The van der Waals surface area contributed by atoms with Crippen LogP contribution in [0.5, 0.6) is 0 Å². The van der Waals surface area contributed by atoms with E-state index < -0.39 is 5.97 Å². The first-order valence-electron chi connectivity index (χ1n) is 5.82. The van der Waals surface area contributed by atoms with Crippen molar-refractivity contribution in [3.05, 3.63) is 0 Å². The van der Waals surface area contributed by atoms with Crippen LogP contribution < -0.4 is 0 Å². The summed E-state index contributed by atoms with van der Waals surface area (Å²) in [6.07, 6.45) is 6.92. The molecule has 16 heavy (non-hydrogen) atoms. The van der Waals surface area contributed by atoms with Crippen LogP contribution >= 0.6 is 0 Å². The van der Waals surface area contributed by atoms with Crippen molar-refractivity contribution in [1.29, 1.82) is 0 Å². The minimum atomic E-state index is -0.393. The van der Waals surface area contributed by atoms with Gasteiger partial charge in [-0.1, -0.05) is 39.0 Å². The summed E-state index contributed by atoms with van der Waals surface area (Å²) in [5.74, 6) is -0.529. The van der Waals surface area contributed by atoms with Crippen LogP contribution in [-0.4, -0.2) is 18.4 Å². The topological polar surface area (TPSA) is 43.4 Å². The molecule has 0 spiro atoms. The molecule has 0 radical (unpaired) electrons. The number of ketones is 1. The maximum absolute atomic E-state index is 10.9. The first kappa shape index (κ1) is 18.1. The average molecular weight is 280 g/mol. The third-order valence-electron chi connectivity index (χ3n) is 2.15. The number of Topliss-reactive ketones (excluding diaryl/α,β-unsaturated/α-hetero) is 1. The number of hydrogen-bond donors (Lipinski definition) is 0. The summed E-state index contributed by atoms with van der Waals surface area (Å²) in [6.45, 7) is 4.04. The number of carbonyl (C=O) groups is 2. The molecule has 0 saturated carbocycles. The molecule has 0 aromatic heterocycles. The Labute approximate surface area is 111 Å². The van der Waals surface area contributed by atoms with Crippen molar-refractivity contribution in [3.8, 4) is 0 Å². The van der Waals surface area contributed by atoms with Crippen molar-refractivity contribution in [2.24, 2.45) is 0 Å². The second-order valence-corrected chi connectivity index (χ2v) is 3.87. The third-order valence-corrected chi connectivity index (χ3v) is 2.15. The first-order valence-corrected chi connectivity index (χ1v) is 5.82. The van der Waals surface area contributed by atoms with Crippen LogP contribution in [-0.2, 0) is 33.8 Å². The molecule has 0 unspecified atom stereocenters. The van der Waals surface area contributed by atoms with E-state index in [0.717, 1.165) is 12.8 Å². The number of carbonyl (C=O) groups excluding carboxylic acids is 2. The number of hydrogen-bond acceptors (Lipinski definition) is 3. The molecule has 88 valence electrons. The zero-order chi connectivity index (χ0) is 11.5. The zero-order valence-corrected chi connectivity index (χ0v) is 13.6. The summed E-state index contributed by atoms with van der Waals surface area (Å²) in [5, 5.41) is 0. The van der Waals surface area contributed by atoms with Gasteiger partial charge in [0.25, 0.3) is 0 Å². The number of ether oxygens (including phenoxy) is 1. The summed E-state index contributed by atoms with van der Waals surface area (Å²) < 4.78 is 4.90. The van der Waals surface area contributed by atoms with E-state index in [-0.39, 0.29) is 31.7 Å². The fourth-order valence-electron chi connectivity index (χ4n) is 1.32. The van der Waals surface area contributed by atoms with Crippen LogP contribution in [0.1, 0.15) is 58.8 Å². The predicted octanol–water partition coefficient (Wildman–Crippen LogP) is 2.87. The van der Waals surface area contributed by atoms with Crippen molar-refractivity contribution >= 4 is 11.8 Å². The second-order valence-electron chi connectivity index (χ2n) is 3.87. The van der Waals surface area contributed by atoms with Gasteiger partial charge in [0.2, 0.25) is 0 Å². The molecule has 0 heterocycles. The van der Waals surface area contributed by atoms with Crippen molar-refractivity contribution in [2.75, 3.05) is 6.61 Å². The van der Waals surface area contributed by atoms with Gasteiger partial charge < -0.3 is 4.74 Å². The van der Waals surface area contributed by atoms with E-state index in [9.17, 15) is 9.59 Å². The van der Waals surface area contributed by atoms with E-state index in [1.807, 2.05) is 0 Å². The smallest absolute Gasteiger partial charge is 0.465 e. The standard InChI is InChI=1S/C12H22O3.Zn/c1-3-4-5-6-7-8-9-15-12(14)10-11(2)13;/h3-10H2,1-2H3;/q;+2. The summed E-state index contributed by atoms with van der Waals surface area (Å²) >= 11 is 0. The van der Waals surface area contributed by atoms with Gasteiger partial charge in [0, 0.05) is 0 Å². The molecule has 0 aromatic carbocycles. The largest absolute Gasteiger partial charge is 2.00 e. The monoisotopic (exact) mass is 278 g/mol. The van der Waals surface area contributed by atoms with Crippen LogP contribution in [0.3, 0.4) is 0 Å². The quantitative estimate of drug-likeness (QED) is 0.282. The van der Waals surface area contributed by atoms with Crippen molar-refractivity contribution < 1.29 is 33.8 Å². The molecular formula is C12H22O3Zn+2. The fraction of sp³-hybridized carbons (Fsp3) is 0.833. The van der Waals surface area contributed by atoms with Gasteiger partial charge in [-0.15, -0.1) is 0 Å². The molecule has 4 heteroatoms. The Balaban J connectivity index is 0. The molecule has 0 fully saturated rings. The molecule has 0 bridgehead atoms. The Kier molecular flexibility index (Phi) is 14.5. The van der Waals surface area contributed by atoms with E-state index in [2.05, 4.69) is 6.92 Å². The van der Waals surface area contributed by atoms with Crippen LogP contribution in [0.4, 0.5) is 0 Å². The van der Waals surface area contributed by atoms with Crippen LogP contribution in [0.15, 0.2) is 0 Å². The summed E-state index contributed by atoms with van der Waals surface area (Å²) in [5.41, 5.74) is 0. The minimum absolute atomic E-state index is 0. The Morgan fingerprint density at radius 2 is 1.56 bits per heavy atom. The van der Waals surface area contributed by atoms with Gasteiger partial charge in [0.1, 0.15) is 12.2 Å². The Morgan fingerprint density at radius 3 is 2.12 bits per heavy atom. The summed E-state index contributed by atoms with van der Waals surface area (Å²) in [4.78, 5) is 21.5. The predicted molar refractivity (Wildman–Crippen MR) is 59.6 cm³/mol. The van der Waals surface area contributed by atoms with Crippen molar-refractivity contribution in [1.82, 2.24) is 0 Å². The van der Waals surface area contributed by atoms with Gasteiger partial charge in [0.15, 0.2) is 0 Å².